The summed E-state index contributed by atoms with van der Waals surface area (Å²) in [7, 11) is 0. The highest BCUT2D eigenvalue weighted by molar-refractivity contribution is 5.81. The number of ether oxygens (including phenoxy) is 4. The molecule has 60 heavy (non-hydrogen) atoms. The Morgan fingerprint density at radius 2 is 1.05 bits per heavy atom. The lowest BCUT2D eigenvalue weighted by Gasteiger charge is -2.45. The molecule has 4 aromatic rings. The fourth-order valence-electron chi connectivity index (χ4n) is 9.48. The minimum absolute atomic E-state index is 0.0838. The average molecular weight is 803 g/mol. The Morgan fingerprint density at radius 1 is 0.633 bits per heavy atom. The van der Waals surface area contributed by atoms with Crippen LogP contribution in [-0.4, -0.2) is 47.9 Å². The summed E-state index contributed by atoms with van der Waals surface area (Å²) in [5.41, 5.74) is 9.74. The van der Waals surface area contributed by atoms with Crippen LogP contribution in [0.3, 0.4) is 0 Å². The molecular formula is C50H50N4O6. The van der Waals surface area contributed by atoms with Crippen molar-refractivity contribution in [1.29, 1.82) is 0 Å². The topological polar surface area (TPSA) is 122 Å². The molecule has 0 spiro atoms. The lowest BCUT2D eigenvalue weighted by atomic mass is 9.63. The van der Waals surface area contributed by atoms with Crippen LogP contribution in [0.5, 0.6) is 11.8 Å². The van der Waals surface area contributed by atoms with E-state index >= 15 is 0 Å². The summed E-state index contributed by atoms with van der Waals surface area (Å²) in [6.07, 6.45) is 14.9. The highest BCUT2D eigenvalue weighted by Gasteiger charge is 2.48. The van der Waals surface area contributed by atoms with Crippen LogP contribution in [0.2, 0.25) is 0 Å². The van der Waals surface area contributed by atoms with Gasteiger partial charge < -0.3 is 18.9 Å². The minimum Gasteiger partial charge on any atom is -0.434 e. The predicted molar refractivity (Wildman–Crippen MR) is 232 cm³/mol. The third-order valence-electron chi connectivity index (χ3n) is 11.9. The second kappa shape index (κ2) is 17.4. The molecule has 2 aromatic carbocycles. The van der Waals surface area contributed by atoms with Crippen LogP contribution in [0.1, 0.15) is 87.0 Å². The average Bonchev–Trinajstić information content (AvgIpc) is 3.23. The van der Waals surface area contributed by atoms with Gasteiger partial charge in [-0.1, -0.05) is 96.1 Å². The Bertz CT molecular complexity index is 2280. The van der Waals surface area contributed by atoms with Gasteiger partial charge >= 0.3 is 12.3 Å². The molecule has 4 unspecified atom stereocenters. The van der Waals surface area contributed by atoms with Crippen LogP contribution in [0.15, 0.2) is 142 Å². The van der Waals surface area contributed by atoms with Crippen LogP contribution < -0.4 is 9.47 Å². The molecule has 2 heterocycles. The van der Waals surface area contributed by atoms with Crippen molar-refractivity contribution in [3.63, 3.8) is 0 Å². The number of hydrogen-bond acceptors (Lipinski definition) is 10. The van der Waals surface area contributed by atoms with Crippen LogP contribution in [-0.2, 0) is 33.4 Å². The van der Waals surface area contributed by atoms with Crippen molar-refractivity contribution < 1.29 is 28.5 Å². The van der Waals surface area contributed by atoms with E-state index in [-0.39, 0.29) is 36.8 Å². The van der Waals surface area contributed by atoms with E-state index in [1.165, 1.54) is 22.3 Å². The van der Waals surface area contributed by atoms with Gasteiger partial charge in [-0.3, -0.25) is 9.98 Å². The van der Waals surface area contributed by atoms with Gasteiger partial charge in [0.25, 0.3) is 0 Å². The summed E-state index contributed by atoms with van der Waals surface area (Å²) >= 11 is 0. The second-order valence-electron chi connectivity index (χ2n) is 15.9. The molecular weight excluding hydrogens is 753 g/mol. The number of allylic oxidation sites excluding steroid dienone is 4. The number of aliphatic imine (C=N–C) groups is 2. The van der Waals surface area contributed by atoms with Gasteiger partial charge in [0.05, 0.1) is 24.6 Å². The summed E-state index contributed by atoms with van der Waals surface area (Å²) < 4.78 is 21.7. The number of fused-ring (bicyclic) bond motifs is 8. The van der Waals surface area contributed by atoms with E-state index in [9.17, 15) is 9.59 Å². The van der Waals surface area contributed by atoms with Gasteiger partial charge in [-0.2, -0.15) is 0 Å². The first-order valence-corrected chi connectivity index (χ1v) is 20.8. The van der Waals surface area contributed by atoms with Gasteiger partial charge in [0.15, 0.2) is 0 Å². The van der Waals surface area contributed by atoms with Crippen molar-refractivity contribution in [3.8, 4) is 11.8 Å². The van der Waals surface area contributed by atoms with Crippen molar-refractivity contribution in [3.05, 3.63) is 165 Å². The molecule has 0 saturated heterocycles. The number of aromatic nitrogens is 2. The number of carbonyl (C=O) groups is 2. The maximum Gasteiger partial charge on any atom is 0.515 e. The Morgan fingerprint density at radius 3 is 1.45 bits per heavy atom. The van der Waals surface area contributed by atoms with Crippen LogP contribution in [0.4, 0.5) is 9.59 Å². The largest absolute Gasteiger partial charge is 0.515 e. The third-order valence-corrected chi connectivity index (χ3v) is 11.9. The Labute approximate surface area is 351 Å². The van der Waals surface area contributed by atoms with E-state index < -0.39 is 23.4 Å². The smallest absolute Gasteiger partial charge is 0.434 e. The summed E-state index contributed by atoms with van der Waals surface area (Å²) in [6.45, 7) is 8.62. The first-order chi connectivity index (χ1) is 29.2. The van der Waals surface area contributed by atoms with E-state index in [1.54, 1.807) is 12.1 Å². The predicted octanol–water partition coefficient (Wildman–Crippen LogP) is 10.6. The molecule has 10 heteroatoms. The van der Waals surface area contributed by atoms with Crippen molar-refractivity contribution in [2.45, 2.75) is 77.3 Å². The third kappa shape index (κ3) is 8.24. The van der Waals surface area contributed by atoms with Gasteiger partial charge in [-0.25, -0.2) is 19.6 Å². The first-order valence-electron chi connectivity index (χ1n) is 20.8. The monoisotopic (exact) mass is 802 g/mol. The lowest BCUT2D eigenvalue weighted by Crippen LogP contribution is -2.40. The van der Waals surface area contributed by atoms with Gasteiger partial charge in [0.1, 0.15) is 11.1 Å². The molecule has 2 aromatic heterocycles. The number of carbonyl (C=O) groups excluding carboxylic acids is 2. The highest BCUT2D eigenvalue weighted by Crippen LogP contribution is 2.54. The zero-order valence-electron chi connectivity index (χ0n) is 34.6. The fourth-order valence-corrected chi connectivity index (χ4v) is 9.48. The van der Waals surface area contributed by atoms with E-state index in [2.05, 4.69) is 52.0 Å². The van der Waals surface area contributed by atoms with E-state index in [4.69, 9.17) is 38.9 Å². The number of pyridine rings is 2. The standard InChI is InChI=1S/C50H50N4O6/c1-5-39-37-25-33(3)29-49(39,51-31-35-15-9-7-10-16-35)41-19-21-45(53-43(41)27-37)59-47(55)57-23-13-14-24-58-48(56)60-46-22-20-42-44(54-46)28-38-26-34(4)30-50(42,40(38)6-2)52-32-36-17-11-8-12-18-36/h5-12,15-22,25-26,31-32,37-38H,13-14,23-24,27-30H2,1-4H3/b39-5+,40-6+,51-31+,52-32+. The molecule has 306 valence electrons. The van der Waals surface area contributed by atoms with E-state index in [1.807, 2.05) is 85.2 Å². The molecule has 0 amide bonds. The van der Waals surface area contributed by atoms with Crippen molar-refractivity contribution in [2.24, 2.45) is 21.8 Å². The quantitative estimate of drug-likeness (QED) is 0.0636. The molecule has 4 bridgehead atoms. The fraction of sp³-hybridized carbons (Fsp3) is 0.320. The number of rotatable bonds is 11. The number of hydrogen-bond donors (Lipinski definition) is 0. The van der Waals surface area contributed by atoms with Gasteiger partial charge in [-0.05, 0) is 74.9 Å². The maximum atomic E-state index is 12.7. The second-order valence-corrected chi connectivity index (χ2v) is 15.9. The minimum atomic E-state index is -0.845. The first kappa shape index (κ1) is 40.4. The van der Waals surface area contributed by atoms with Gasteiger partial charge in [0, 0.05) is 73.2 Å². The molecule has 0 aliphatic heterocycles. The van der Waals surface area contributed by atoms with Gasteiger partial charge in [-0.15, -0.1) is 0 Å². The highest BCUT2D eigenvalue weighted by atomic mass is 16.7. The summed E-state index contributed by atoms with van der Waals surface area (Å²) in [6, 6.07) is 27.5. The maximum absolute atomic E-state index is 12.7. The Hall–Kier alpha value is -6.42. The van der Waals surface area contributed by atoms with Crippen LogP contribution in [0.25, 0.3) is 0 Å². The molecule has 0 radical (unpaired) electrons. The van der Waals surface area contributed by atoms with Crippen molar-refractivity contribution in [1.82, 2.24) is 9.97 Å². The van der Waals surface area contributed by atoms with Crippen molar-refractivity contribution in [2.75, 3.05) is 13.2 Å². The van der Waals surface area contributed by atoms with Crippen LogP contribution >= 0.6 is 0 Å². The Balaban J connectivity index is 0.829. The molecule has 0 saturated carbocycles. The van der Waals surface area contributed by atoms with E-state index in [0.717, 1.165) is 46.5 Å². The molecule has 4 aliphatic carbocycles. The molecule has 0 fully saturated rings. The normalized spacial score (nSPS) is 24.1. The van der Waals surface area contributed by atoms with E-state index in [0.29, 0.717) is 25.7 Å². The zero-order valence-corrected chi connectivity index (χ0v) is 34.6. The number of nitrogens with zero attached hydrogens (tertiary/aromatic N) is 4. The number of unbranched alkanes of at least 4 members (excludes halogenated alkanes) is 1. The molecule has 4 aliphatic rings. The molecule has 10 nitrogen and oxygen atoms in total. The van der Waals surface area contributed by atoms with Crippen LogP contribution in [0, 0.1) is 11.8 Å². The molecule has 4 atom stereocenters. The molecule has 0 N–H and O–H groups in total. The summed E-state index contributed by atoms with van der Waals surface area (Å²) in [5, 5.41) is 0. The number of benzene rings is 2. The summed E-state index contributed by atoms with van der Waals surface area (Å²) in [4.78, 5) is 45.3. The summed E-state index contributed by atoms with van der Waals surface area (Å²) in [5.74, 6) is 0.661. The molecule has 8 rings (SSSR count). The van der Waals surface area contributed by atoms with Crippen molar-refractivity contribution >= 4 is 24.7 Å². The SMILES string of the molecule is C/C=C1\C2C=C(C)CC1(/N=C/c1ccccc1)c1ccc(OC(=O)OCCCCOC(=O)Oc3ccc4c(n3)CC3C=C(C)CC4(/N=C/c4ccccc4)/C3=C/C)nc1C2. The Kier molecular flexibility index (Phi) is 11.7. The van der Waals surface area contributed by atoms with Gasteiger partial charge in [0.2, 0.25) is 11.8 Å². The zero-order chi connectivity index (χ0) is 41.7. The lowest BCUT2D eigenvalue weighted by molar-refractivity contribution is 0.0826.